The molecule has 3 nitrogen and oxygen atoms in total. The normalized spacial score (nSPS) is 10.1. The summed E-state index contributed by atoms with van der Waals surface area (Å²) in [6, 6.07) is 16.1. The lowest BCUT2D eigenvalue weighted by Gasteiger charge is -2.13. The zero-order valence-electron chi connectivity index (χ0n) is 11.8. The van der Waals surface area contributed by atoms with E-state index in [1.165, 1.54) is 5.56 Å². The van der Waals surface area contributed by atoms with Gasteiger partial charge in [-0.05, 0) is 42.7 Å². The van der Waals surface area contributed by atoms with Crippen LogP contribution in [0.25, 0.3) is 0 Å². The summed E-state index contributed by atoms with van der Waals surface area (Å²) in [5.74, 6) is 0. The number of methoxy groups -OCH3 is 1. The zero-order chi connectivity index (χ0) is 14.4. The van der Waals surface area contributed by atoms with Gasteiger partial charge >= 0.3 is 0 Å². The SMILES string of the molecule is COCCc1ccccc1Nc1cc(C)ccc1C#N. The number of nitrogens with one attached hydrogen (secondary N) is 1. The predicted molar refractivity (Wildman–Crippen MR) is 81.2 cm³/mol. The Labute approximate surface area is 119 Å². The fourth-order valence-electron chi connectivity index (χ4n) is 2.08. The lowest BCUT2D eigenvalue weighted by molar-refractivity contribution is 0.202. The number of nitriles is 1. The molecule has 102 valence electrons. The van der Waals surface area contributed by atoms with Crippen molar-refractivity contribution in [2.45, 2.75) is 13.3 Å². The van der Waals surface area contributed by atoms with Crippen molar-refractivity contribution in [3.05, 3.63) is 59.2 Å². The molecule has 0 aliphatic heterocycles. The Kier molecular flexibility index (Phi) is 4.75. The third-order valence-electron chi connectivity index (χ3n) is 3.16. The molecule has 0 unspecified atom stereocenters. The maximum Gasteiger partial charge on any atom is 0.101 e. The van der Waals surface area contributed by atoms with Crippen LogP contribution in [-0.2, 0) is 11.2 Å². The van der Waals surface area contributed by atoms with E-state index in [-0.39, 0.29) is 0 Å². The fraction of sp³-hybridized carbons (Fsp3) is 0.235. The molecular weight excluding hydrogens is 248 g/mol. The summed E-state index contributed by atoms with van der Waals surface area (Å²) in [6.07, 6.45) is 0.841. The Hall–Kier alpha value is -2.31. The molecule has 0 heterocycles. The average molecular weight is 266 g/mol. The monoisotopic (exact) mass is 266 g/mol. The van der Waals surface area contributed by atoms with E-state index in [1.807, 2.05) is 43.3 Å². The van der Waals surface area contributed by atoms with E-state index in [1.54, 1.807) is 7.11 Å². The van der Waals surface area contributed by atoms with Gasteiger partial charge in [-0.1, -0.05) is 24.3 Å². The zero-order valence-corrected chi connectivity index (χ0v) is 11.8. The van der Waals surface area contributed by atoms with Crippen molar-refractivity contribution in [2.24, 2.45) is 0 Å². The third-order valence-corrected chi connectivity index (χ3v) is 3.16. The van der Waals surface area contributed by atoms with Gasteiger partial charge in [0.05, 0.1) is 17.9 Å². The molecule has 1 N–H and O–H groups in total. The van der Waals surface area contributed by atoms with Crippen LogP contribution in [0.1, 0.15) is 16.7 Å². The van der Waals surface area contributed by atoms with Gasteiger partial charge in [0, 0.05) is 12.8 Å². The molecule has 3 heteroatoms. The minimum absolute atomic E-state index is 0.650. The van der Waals surface area contributed by atoms with Gasteiger partial charge in [-0.15, -0.1) is 0 Å². The molecule has 0 amide bonds. The van der Waals surface area contributed by atoms with Gasteiger partial charge in [-0.2, -0.15) is 5.26 Å². The van der Waals surface area contributed by atoms with Gasteiger partial charge in [-0.25, -0.2) is 0 Å². The maximum absolute atomic E-state index is 9.19. The van der Waals surface area contributed by atoms with E-state index in [0.717, 1.165) is 23.4 Å². The standard InChI is InChI=1S/C17H18N2O/c1-13-7-8-15(12-18)17(11-13)19-16-6-4-3-5-14(16)9-10-20-2/h3-8,11,19H,9-10H2,1-2H3. The Morgan fingerprint density at radius 1 is 1.15 bits per heavy atom. The van der Waals surface area contributed by atoms with Crippen LogP contribution >= 0.6 is 0 Å². The molecule has 0 spiro atoms. The number of rotatable bonds is 5. The molecular formula is C17H18N2O. The first-order valence-corrected chi connectivity index (χ1v) is 6.59. The molecule has 0 fully saturated rings. The first kappa shape index (κ1) is 14.1. The molecule has 0 aliphatic carbocycles. The van der Waals surface area contributed by atoms with Crippen molar-refractivity contribution in [1.29, 1.82) is 5.26 Å². The van der Waals surface area contributed by atoms with Crippen LogP contribution in [0.2, 0.25) is 0 Å². The van der Waals surface area contributed by atoms with Crippen molar-refractivity contribution >= 4 is 11.4 Å². The second-order valence-corrected chi connectivity index (χ2v) is 4.69. The van der Waals surface area contributed by atoms with Gasteiger partial charge in [0.2, 0.25) is 0 Å². The molecule has 0 aliphatic rings. The molecule has 2 rings (SSSR count). The second-order valence-electron chi connectivity index (χ2n) is 4.69. The first-order valence-electron chi connectivity index (χ1n) is 6.59. The maximum atomic E-state index is 9.19. The summed E-state index contributed by atoms with van der Waals surface area (Å²) < 4.78 is 5.13. The highest BCUT2D eigenvalue weighted by Gasteiger charge is 2.06. The van der Waals surface area contributed by atoms with Gasteiger partial charge in [-0.3, -0.25) is 0 Å². The summed E-state index contributed by atoms with van der Waals surface area (Å²) in [4.78, 5) is 0. The summed E-state index contributed by atoms with van der Waals surface area (Å²) in [5, 5.41) is 12.6. The number of hydrogen-bond donors (Lipinski definition) is 1. The second kappa shape index (κ2) is 6.74. The highest BCUT2D eigenvalue weighted by atomic mass is 16.5. The summed E-state index contributed by atoms with van der Waals surface area (Å²) >= 11 is 0. The minimum atomic E-state index is 0.650. The summed E-state index contributed by atoms with van der Waals surface area (Å²) in [6.45, 7) is 2.70. The topological polar surface area (TPSA) is 45.0 Å². The number of para-hydroxylation sites is 1. The molecule has 0 radical (unpaired) electrons. The number of benzene rings is 2. The number of hydrogen-bond acceptors (Lipinski definition) is 3. The third kappa shape index (κ3) is 3.37. The molecule has 2 aromatic rings. The van der Waals surface area contributed by atoms with Crippen LogP contribution in [0.3, 0.4) is 0 Å². The summed E-state index contributed by atoms with van der Waals surface area (Å²) in [5.41, 5.74) is 4.82. The van der Waals surface area contributed by atoms with Crippen molar-refractivity contribution in [1.82, 2.24) is 0 Å². The van der Waals surface area contributed by atoms with Crippen LogP contribution < -0.4 is 5.32 Å². The van der Waals surface area contributed by atoms with E-state index in [2.05, 4.69) is 17.5 Å². The Balaban J connectivity index is 2.30. The number of ether oxygens (including phenoxy) is 1. The molecule has 0 saturated carbocycles. The fourth-order valence-corrected chi connectivity index (χ4v) is 2.08. The van der Waals surface area contributed by atoms with E-state index in [0.29, 0.717) is 12.2 Å². The van der Waals surface area contributed by atoms with Crippen LogP contribution in [-0.4, -0.2) is 13.7 Å². The largest absolute Gasteiger partial charge is 0.384 e. The Morgan fingerprint density at radius 3 is 2.70 bits per heavy atom. The van der Waals surface area contributed by atoms with Crippen LogP contribution in [0.15, 0.2) is 42.5 Å². The average Bonchev–Trinajstić information content (AvgIpc) is 2.47. The van der Waals surface area contributed by atoms with E-state index in [9.17, 15) is 5.26 Å². The van der Waals surface area contributed by atoms with Gasteiger partial charge in [0.15, 0.2) is 0 Å². The minimum Gasteiger partial charge on any atom is -0.384 e. The molecule has 20 heavy (non-hydrogen) atoms. The lowest BCUT2D eigenvalue weighted by Crippen LogP contribution is -2.01. The highest BCUT2D eigenvalue weighted by molar-refractivity contribution is 5.69. The van der Waals surface area contributed by atoms with E-state index < -0.39 is 0 Å². The Morgan fingerprint density at radius 2 is 1.95 bits per heavy atom. The van der Waals surface area contributed by atoms with E-state index in [4.69, 9.17) is 4.74 Å². The van der Waals surface area contributed by atoms with Gasteiger partial charge in [0.1, 0.15) is 6.07 Å². The smallest absolute Gasteiger partial charge is 0.101 e. The Bertz CT molecular complexity index is 629. The lowest BCUT2D eigenvalue weighted by atomic mass is 10.1. The first-order chi connectivity index (χ1) is 9.74. The van der Waals surface area contributed by atoms with Crippen molar-refractivity contribution in [3.63, 3.8) is 0 Å². The molecule has 0 bridgehead atoms. The van der Waals surface area contributed by atoms with E-state index >= 15 is 0 Å². The molecule has 0 atom stereocenters. The molecule has 2 aromatic carbocycles. The number of nitrogens with zero attached hydrogens (tertiary/aromatic N) is 1. The van der Waals surface area contributed by atoms with Crippen LogP contribution in [0, 0.1) is 18.3 Å². The number of anilines is 2. The van der Waals surface area contributed by atoms with Crippen molar-refractivity contribution < 1.29 is 4.74 Å². The van der Waals surface area contributed by atoms with Gasteiger partial charge < -0.3 is 10.1 Å². The number of aryl methyl sites for hydroxylation is 1. The quantitative estimate of drug-likeness (QED) is 0.895. The molecule has 0 saturated heterocycles. The molecule has 0 aromatic heterocycles. The van der Waals surface area contributed by atoms with Crippen LogP contribution in [0.5, 0.6) is 0 Å². The predicted octanol–water partition coefficient (Wildman–Crippen LogP) is 3.80. The van der Waals surface area contributed by atoms with Crippen LogP contribution in [0.4, 0.5) is 11.4 Å². The van der Waals surface area contributed by atoms with Crippen molar-refractivity contribution in [2.75, 3.05) is 19.0 Å². The van der Waals surface area contributed by atoms with Crippen molar-refractivity contribution in [3.8, 4) is 6.07 Å². The summed E-state index contributed by atoms with van der Waals surface area (Å²) in [7, 11) is 1.70. The highest BCUT2D eigenvalue weighted by Crippen LogP contribution is 2.24. The van der Waals surface area contributed by atoms with Gasteiger partial charge in [0.25, 0.3) is 0 Å².